The van der Waals surface area contributed by atoms with Crippen LogP contribution >= 0.6 is 0 Å². The maximum absolute atomic E-state index is 10.4. The van der Waals surface area contributed by atoms with Gasteiger partial charge in [-0.05, 0) is 0 Å². The van der Waals surface area contributed by atoms with Crippen LogP contribution in [0.3, 0.4) is 0 Å². The topological polar surface area (TPSA) is 49.4 Å². The van der Waals surface area contributed by atoms with Crippen LogP contribution in [0, 0.1) is 6.67 Å². The van der Waals surface area contributed by atoms with Gasteiger partial charge in [-0.2, -0.15) is 0 Å². The minimum absolute atomic E-state index is 0.509. The van der Waals surface area contributed by atoms with Crippen LogP contribution < -0.4 is 5.32 Å². The van der Waals surface area contributed by atoms with E-state index in [1.807, 2.05) is 0 Å². The Hall–Kier alpha value is -1.06. The van der Waals surface area contributed by atoms with Gasteiger partial charge in [0.05, 0.1) is 0 Å². The van der Waals surface area contributed by atoms with E-state index in [2.05, 4.69) is 5.32 Å². The average Bonchev–Trinajstić information content (AvgIpc) is 1.98. The van der Waals surface area contributed by atoms with Gasteiger partial charge in [-0.1, -0.05) is 0 Å². The molecule has 43 valence electrons. The molecule has 4 nitrogen and oxygen atoms in total. The van der Waals surface area contributed by atoms with Gasteiger partial charge < -0.3 is 10.2 Å². The molecule has 1 aliphatic heterocycles. The van der Waals surface area contributed by atoms with Crippen molar-refractivity contribution in [2.45, 2.75) is 0 Å². The van der Waals surface area contributed by atoms with Gasteiger partial charge in [0.1, 0.15) is 6.67 Å². The molecular formula is C4H5N2O2. The first-order valence-corrected chi connectivity index (χ1v) is 2.13. The number of carbonyl (C=O) groups is 2. The summed E-state index contributed by atoms with van der Waals surface area (Å²) in [5.41, 5.74) is 0. The van der Waals surface area contributed by atoms with Crippen molar-refractivity contribution in [2.75, 3.05) is 7.05 Å². The molecule has 0 unspecified atom stereocenters. The van der Waals surface area contributed by atoms with Crippen LogP contribution in [-0.2, 0) is 9.59 Å². The van der Waals surface area contributed by atoms with Crippen molar-refractivity contribution in [2.24, 2.45) is 0 Å². The van der Waals surface area contributed by atoms with Crippen LogP contribution in [0.15, 0.2) is 0 Å². The molecule has 0 aromatic rings. The molecule has 1 fully saturated rings. The molecule has 4 heteroatoms. The second-order valence-electron chi connectivity index (χ2n) is 1.52. The van der Waals surface area contributed by atoms with Crippen LogP contribution in [0.1, 0.15) is 0 Å². The normalized spacial score (nSPS) is 19.4. The molecule has 1 radical (unpaired) electrons. The van der Waals surface area contributed by atoms with Gasteiger partial charge in [0.15, 0.2) is 0 Å². The number of nitrogens with one attached hydrogen (secondary N) is 1. The highest BCUT2D eigenvalue weighted by atomic mass is 16.2. The molecule has 1 aliphatic rings. The predicted octanol–water partition coefficient (Wildman–Crippen LogP) is -1.31. The van der Waals surface area contributed by atoms with Crippen molar-refractivity contribution in [3.05, 3.63) is 6.67 Å². The number of hydrogen-bond acceptors (Lipinski definition) is 2. The number of carbonyl (C=O) groups excluding carboxylic acids is 2. The minimum Gasteiger partial charge on any atom is -0.324 e. The molecule has 0 aliphatic carbocycles. The maximum atomic E-state index is 10.4. The Bertz CT molecular complexity index is 143. The van der Waals surface area contributed by atoms with Crippen LogP contribution in [-0.4, -0.2) is 23.8 Å². The van der Waals surface area contributed by atoms with E-state index in [0.717, 1.165) is 0 Å². The summed E-state index contributed by atoms with van der Waals surface area (Å²) in [6.45, 7) is 1.32. The molecule has 1 saturated heterocycles. The summed E-state index contributed by atoms with van der Waals surface area (Å²) in [6, 6.07) is 0. The van der Waals surface area contributed by atoms with E-state index in [9.17, 15) is 9.59 Å². The van der Waals surface area contributed by atoms with Crippen molar-refractivity contribution in [3.63, 3.8) is 0 Å². The highest BCUT2D eigenvalue weighted by Crippen LogP contribution is 1.93. The molecule has 1 rings (SSSR count). The van der Waals surface area contributed by atoms with Gasteiger partial charge in [-0.25, -0.2) is 0 Å². The number of nitrogens with zero attached hydrogens (tertiary/aromatic N) is 1. The van der Waals surface area contributed by atoms with Gasteiger partial charge in [0.25, 0.3) is 0 Å². The van der Waals surface area contributed by atoms with Crippen molar-refractivity contribution in [1.82, 2.24) is 10.2 Å². The molecule has 2 amide bonds. The molecule has 0 saturated carbocycles. The molecule has 0 atom stereocenters. The second kappa shape index (κ2) is 1.47. The Morgan fingerprint density at radius 3 is 2.38 bits per heavy atom. The minimum atomic E-state index is -0.562. The predicted molar refractivity (Wildman–Crippen MR) is 25.2 cm³/mol. The fraction of sp³-hybridized carbons (Fsp3) is 0.250. The van der Waals surface area contributed by atoms with Gasteiger partial charge in [0, 0.05) is 7.05 Å². The third-order valence-corrected chi connectivity index (χ3v) is 0.904. The summed E-state index contributed by atoms with van der Waals surface area (Å²) in [5, 5.41) is 2.23. The van der Waals surface area contributed by atoms with E-state index < -0.39 is 11.8 Å². The van der Waals surface area contributed by atoms with E-state index in [4.69, 9.17) is 0 Å². The molecule has 8 heavy (non-hydrogen) atoms. The lowest BCUT2D eigenvalue weighted by Gasteiger charge is -1.98. The average molecular weight is 113 g/mol. The molecule has 1 heterocycles. The third kappa shape index (κ3) is 0.538. The Morgan fingerprint density at radius 1 is 1.62 bits per heavy atom. The van der Waals surface area contributed by atoms with Crippen LogP contribution in [0.4, 0.5) is 0 Å². The second-order valence-corrected chi connectivity index (χ2v) is 1.52. The molecule has 0 bridgehead atoms. The van der Waals surface area contributed by atoms with Crippen molar-refractivity contribution >= 4 is 11.8 Å². The first kappa shape index (κ1) is 5.08. The summed E-state index contributed by atoms with van der Waals surface area (Å²) in [6.07, 6.45) is 0. The highest BCUT2D eigenvalue weighted by Gasteiger charge is 2.25. The van der Waals surface area contributed by atoms with E-state index >= 15 is 0 Å². The number of amides is 2. The lowest BCUT2D eigenvalue weighted by atomic mass is 10.6. The Balaban J connectivity index is 2.71. The van der Waals surface area contributed by atoms with E-state index in [1.54, 1.807) is 0 Å². The summed E-state index contributed by atoms with van der Waals surface area (Å²) >= 11 is 0. The Labute approximate surface area is 46.5 Å². The van der Waals surface area contributed by atoms with Crippen LogP contribution in [0.2, 0.25) is 0 Å². The van der Waals surface area contributed by atoms with Crippen molar-refractivity contribution < 1.29 is 9.59 Å². The highest BCUT2D eigenvalue weighted by molar-refractivity contribution is 6.37. The smallest absolute Gasteiger partial charge is 0.313 e. The zero-order chi connectivity index (χ0) is 6.15. The maximum Gasteiger partial charge on any atom is 0.313 e. The molecule has 0 aromatic heterocycles. The summed E-state index contributed by atoms with van der Waals surface area (Å²) in [5.74, 6) is -1.07. The van der Waals surface area contributed by atoms with Gasteiger partial charge >= 0.3 is 11.8 Å². The molecule has 0 spiro atoms. The zero-order valence-corrected chi connectivity index (χ0v) is 4.34. The Kier molecular flexibility index (Phi) is 0.932. The van der Waals surface area contributed by atoms with Crippen LogP contribution in [0.5, 0.6) is 0 Å². The number of rotatable bonds is 0. The van der Waals surface area contributed by atoms with Crippen molar-refractivity contribution in [3.8, 4) is 0 Å². The first-order chi connectivity index (χ1) is 3.72. The largest absolute Gasteiger partial charge is 0.324 e. The van der Waals surface area contributed by atoms with Gasteiger partial charge in [0.2, 0.25) is 0 Å². The van der Waals surface area contributed by atoms with Crippen LogP contribution in [0.25, 0.3) is 0 Å². The number of likely N-dealkylation sites (N-methyl/N-ethyl adjacent to an activating group) is 1. The summed E-state index contributed by atoms with van der Waals surface area (Å²) in [7, 11) is 1.51. The lowest BCUT2D eigenvalue weighted by Crippen LogP contribution is -2.21. The fourth-order valence-corrected chi connectivity index (χ4v) is 0.436. The third-order valence-electron chi connectivity index (χ3n) is 0.904. The standard InChI is InChI=1S/C4H5N2O2/c1-6-2-5-3(7)4(6)8/h2H,1H3,(H,5,7). The Morgan fingerprint density at radius 2 is 2.25 bits per heavy atom. The summed E-state index contributed by atoms with van der Waals surface area (Å²) in [4.78, 5) is 21.8. The quantitative estimate of drug-likeness (QED) is 0.397. The molecular weight excluding hydrogens is 108 g/mol. The molecule has 0 aromatic carbocycles. The van der Waals surface area contributed by atoms with E-state index in [-0.39, 0.29) is 0 Å². The van der Waals surface area contributed by atoms with Gasteiger partial charge in [-0.15, -0.1) is 0 Å². The van der Waals surface area contributed by atoms with E-state index in [1.165, 1.54) is 18.6 Å². The van der Waals surface area contributed by atoms with E-state index in [0.29, 0.717) is 0 Å². The van der Waals surface area contributed by atoms with Gasteiger partial charge in [-0.3, -0.25) is 9.59 Å². The number of hydrogen-bond donors (Lipinski definition) is 1. The SMILES string of the molecule is CN1[CH]NC(=O)C1=O. The van der Waals surface area contributed by atoms with Crippen molar-refractivity contribution in [1.29, 1.82) is 0 Å². The first-order valence-electron chi connectivity index (χ1n) is 2.13. The fourth-order valence-electron chi connectivity index (χ4n) is 0.436. The molecule has 1 N–H and O–H groups in total. The monoisotopic (exact) mass is 113 g/mol. The summed E-state index contributed by atoms with van der Waals surface area (Å²) < 4.78 is 0. The zero-order valence-electron chi connectivity index (χ0n) is 4.34. The lowest BCUT2D eigenvalue weighted by molar-refractivity contribution is -0.139.